The van der Waals surface area contributed by atoms with E-state index in [1.54, 1.807) is 4.90 Å². The first-order valence-corrected chi connectivity index (χ1v) is 6.48. The lowest BCUT2D eigenvalue weighted by molar-refractivity contribution is -0.160. The van der Waals surface area contributed by atoms with Crippen molar-refractivity contribution >= 4 is 5.84 Å². The lowest BCUT2D eigenvalue weighted by Crippen LogP contribution is -2.46. The molecular formula is C12H23F3N4. The van der Waals surface area contributed by atoms with E-state index in [0.717, 1.165) is 19.4 Å². The minimum Gasteiger partial charge on any atom is -0.387 e. The van der Waals surface area contributed by atoms with E-state index in [4.69, 9.17) is 11.1 Å². The van der Waals surface area contributed by atoms with Crippen molar-refractivity contribution in [2.45, 2.75) is 19.0 Å². The van der Waals surface area contributed by atoms with E-state index in [1.807, 2.05) is 14.1 Å². The van der Waals surface area contributed by atoms with Crippen molar-refractivity contribution < 1.29 is 13.2 Å². The van der Waals surface area contributed by atoms with Crippen LogP contribution in [-0.2, 0) is 0 Å². The third kappa shape index (κ3) is 5.36. The maximum atomic E-state index is 12.7. The minimum absolute atomic E-state index is 0.187. The van der Waals surface area contributed by atoms with Gasteiger partial charge in [-0.15, -0.1) is 0 Å². The molecule has 1 aliphatic heterocycles. The summed E-state index contributed by atoms with van der Waals surface area (Å²) in [5.41, 5.74) is 5.06. The van der Waals surface area contributed by atoms with Crippen LogP contribution in [0.5, 0.6) is 0 Å². The van der Waals surface area contributed by atoms with Gasteiger partial charge < -0.3 is 15.5 Å². The van der Waals surface area contributed by atoms with E-state index < -0.39 is 17.9 Å². The van der Waals surface area contributed by atoms with Crippen molar-refractivity contribution in [1.82, 2.24) is 9.80 Å². The molecule has 1 fully saturated rings. The summed E-state index contributed by atoms with van der Waals surface area (Å²) in [6.45, 7) is 2.09. The molecule has 112 valence electrons. The van der Waals surface area contributed by atoms with E-state index in [-0.39, 0.29) is 6.54 Å². The SMILES string of the molecule is CN(C)CC1CCN(CC(C(=N)N)C(F)(F)F)CC1. The van der Waals surface area contributed by atoms with E-state index in [0.29, 0.717) is 19.0 Å². The van der Waals surface area contributed by atoms with Crippen molar-refractivity contribution in [3.63, 3.8) is 0 Å². The van der Waals surface area contributed by atoms with Crippen LogP contribution >= 0.6 is 0 Å². The van der Waals surface area contributed by atoms with Crippen molar-refractivity contribution in [3.8, 4) is 0 Å². The largest absolute Gasteiger partial charge is 0.399 e. The van der Waals surface area contributed by atoms with Crippen molar-refractivity contribution in [2.24, 2.45) is 17.6 Å². The number of nitrogens with zero attached hydrogens (tertiary/aromatic N) is 2. The van der Waals surface area contributed by atoms with Crippen LogP contribution in [0.3, 0.4) is 0 Å². The number of halogens is 3. The highest BCUT2D eigenvalue weighted by atomic mass is 19.4. The molecular weight excluding hydrogens is 257 g/mol. The highest BCUT2D eigenvalue weighted by molar-refractivity contribution is 5.80. The fourth-order valence-electron chi connectivity index (χ4n) is 2.50. The third-order valence-electron chi connectivity index (χ3n) is 3.54. The van der Waals surface area contributed by atoms with Gasteiger partial charge in [-0.1, -0.05) is 0 Å². The lowest BCUT2D eigenvalue weighted by atomic mass is 9.95. The zero-order valence-electron chi connectivity index (χ0n) is 11.5. The molecule has 0 spiro atoms. The van der Waals surface area contributed by atoms with Gasteiger partial charge in [0.05, 0.1) is 0 Å². The molecule has 1 aliphatic rings. The maximum Gasteiger partial charge on any atom is 0.399 e. The van der Waals surface area contributed by atoms with Crippen LogP contribution in [0.25, 0.3) is 0 Å². The molecule has 0 bridgehead atoms. The molecule has 1 rings (SSSR count). The summed E-state index contributed by atoms with van der Waals surface area (Å²) in [6, 6.07) is 0. The Hall–Kier alpha value is -0.820. The molecule has 19 heavy (non-hydrogen) atoms. The number of alkyl halides is 3. The molecule has 1 heterocycles. The molecule has 1 saturated heterocycles. The summed E-state index contributed by atoms with van der Waals surface area (Å²) in [7, 11) is 4.00. The summed E-state index contributed by atoms with van der Waals surface area (Å²) in [4.78, 5) is 3.88. The predicted molar refractivity (Wildman–Crippen MR) is 69.2 cm³/mol. The van der Waals surface area contributed by atoms with Crippen LogP contribution in [-0.4, -0.2) is 62.1 Å². The van der Waals surface area contributed by atoms with Crippen molar-refractivity contribution in [2.75, 3.05) is 40.3 Å². The van der Waals surface area contributed by atoms with Crippen LogP contribution in [0.4, 0.5) is 13.2 Å². The number of rotatable bonds is 5. The maximum absolute atomic E-state index is 12.7. The zero-order chi connectivity index (χ0) is 14.6. The van der Waals surface area contributed by atoms with Gasteiger partial charge in [-0.3, -0.25) is 5.41 Å². The highest BCUT2D eigenvalue weighted by Crippen LogP contribution is 2.28. The predicted octanol–water partition coefficient (Wildman–Crippen LogP) is 1.37. The van der Waals surface area contributed by atoms with Gasteiger partial charge >= 0.3 is 6.18 Å². The topological polar surface area (TPSA) is 56.4 Å². The fourth-order valence-corrected chi connectivity index (χ4v) is 2.50. The van der Waals surface area contributed by atoms with Gasteiger partial charge in [-0.05, 0) is 45.9 Å². The molecule has 3 N–H and O–H groups in total. The Kier molecular flexibility index (Phi) is 5.61. The van der Waals surface area contributed by atoms with E-state index in [1.165, 1.54) is 0 Å². The molecule has 7 heteroatoms. The summed E-state index contributed by atoms with van der Waals surface area (Å²) >= 11 is 0. The second-order valence-electron chi connectivity index (χ2n) is 5.56. The smallest absolute Gasteiger partial charge is 0.387 e. The second kappa shape index (κ2) is 6.56. The van der Waals surface area contributed by atoms with Crippen LogP contribution in [0.1, 0.15) is 12.8 Å². The first kappa shape index (κ1) is 16.2. The molecule has 0 aliphatic carbocycles. The van der Waals surface area contributed by atoms with Crippen LogP contribution in [0.15, 0.2) is 0 Å². The van der Waals surface area contributed by atoms with Gasteiger partial charge in [0, 0.05) is 13.1 Å². The third-order valence-corrected chi connectivity index (χ3v) is 3.54. The molecule has 1 atom stereocenters. The average molecular weight is 280 g/mol. The number of likely N-dealkylation sites (tertiary alicyclic amines) is 1. The number of nitrogens with two attached hydrogens (primary N) is 1. The number of nitrogens with one attached hydrogen (secondary N) is 1. The Morgan fingerprint density at radius 3 is 2.26 bits per heavy atom. The Balaban J connectivity index is 2.45. The van der Waals surface area contributed by atoms with Gasteiger partial charge in [0.1, 0.15) is 11.8 Å². The first-order chi connectivity index (χ1) is 8.70. The summed E-state index contributed by atoms with van der Waals surface area (Å²) < 4.78 is 38.2. The van der Waals surface area contributed by atoms with Gasteiger partial charge in [-0.2, -0.15) is 13.2 Å². The van der Waals surface area contributed by atoms with E-state index >= 15 is 0 Å². The Bertz CT molecular complexity index is 296. The first-order valence-electron chi connectivity index (χ1n) is 6.48. The number of amidine groups is 1. The quantitative estimate of drug-likeness (QED) is 0.591. The molecule has 0 amide bonds. The molecule has 0 saturated carbocycles. The van der Waals surface area contributed by atoms with Crippen molar-refractivity contribution in [1.29, 1.82) is 5.41 Å². The normalized spacial score (nSPS) is 20.7. The lowest BCUT2D eigenvalue weighted by Gasteiger charge is -2.35. The van der Waals surface area contributed by atoms with Gasteiger partial charge in [-0.25, -0.2) is 0 Å². The van der Waals surface area contributed by atoms with Crippen molar-refractivity contribution in [3.05, 3.63) is 0 Å². The summed E-state index contributed by atoms with van der Waals surface area (Å²) in [5, 5.41) is 7.08. The number of hydrogen-bond acceptors (Lipinski definition) is 3. The summed E-state index contributed by atoms with van der Waals surface area (Å²) in [5.74, 6) is -2.08. The molecule has 4 nitrogen and oxygen atoms in total. The average Bonchev–Trinajstić information content (AvgIpc) is 2.25. The second-order valence-corrected chi connectivity index (χ2v) is 5.56. The van der Waals surface area contributed by atoms with Gasteiger partial charge in [0.25, 0.3) is 0 Å². The fraction of sp³-hybridized carbons (Fsp3) is 0.917. The molecule has 1 unspecified atom stereocenters. The van der Waals surface area contributed by atoms with Crippen LogP contribution < -0.4 is 5.73 Å². The van der Waals surface area contributed by atoms with Crippen LogP contribution in [0, 0.1) is 17.2 Å². The monoisotopic (exact) mass is 280 g/mol. The molecule has 0 aromatic heterocycles. The molecule has 0 aromatic rings. The van der Waals surface area contributed by atoms with Gasteiger partial charge in [0.2, 0.25) is 0 Å². The minimum atomic E-state index is -4.42. The van der Waals surface area contributed by atoms with Gasteiger partial charge in [0.15, 0.2) is 0 Å². The number of piperidine rings is 1. The molecule has 0 aromatic carbocycles. The van der Waals surface area contributed by atoms with E-state index in [2.05, 4.69) is 4.90 Å². The summed E-state index contributed by atoms with van der Waals surface area (Å²) in [6.07, 6.45) is -2.62. The van der Waals surface area contributed by atoms with Crippen LogP contribution in [0.2, 0.25) is 0 Å². The molecule has 0 radical (unpaired) electrons. The Labute approximate surface area is 112 Å². The highest BCUT2D eigenvalue weighted by Gasteiger charge is 2.43. The Morgan fingerprint density at radius 2 is 1.89 bits per heavy atom. The number of hydrogen-bond donors (Lipinski definition) is 2. The Morgan fingerprint density at radius 1 is 1.37 bits per heavy atom. The zero-order valence-corrected chi connectivity index (χ0v) is 11.5. The standard InChI is InChI=1S/C12H23F3N4/c1-18(2)7-9-3-5-19(6-4-9)8-10(11(16)17)12(13,14)15/h9-10H,3-8H2,1-2H3,(H3,16,17). The van der Waals surface area contributed by atoms with E-state index in [9.17, 15) is 13.2 Å².